The van der Waals surface area contributed by atoms with Crippen LogP contribution in [0.25, 0.3) is 20.9 Å². The van der Waals surface area contributed by atoms with E-state index in [2.05, 4.69) is 20.3 Å². The predicted molar refractivity (Wildman–Crippen MR) is 102 cm³/mol. The molecule has 0 saturated heterocycles. The van der Waals surface area contributed by atoms with Crippen LogP contribution in [-0.4, -0.2) is 20.9 Å². The van der Waals surface area contributed by atoms with Crippen molar-refractivity contribution >= 4 is 44.6 Å². The fourth-order valence-corrected chi connectivity index (χ4v) is 4.25. The second kappa shape index (κ2) is 6.34. The van der Waals surface area contributed by atoms with E-state index in [-0.39, 0.29) is 5.91 Å². The SMILES string of the molecule is Cc1nc(C)c(C(=O)Nc2ccc(-c3nc4cccnc4s3)cc2)s1. The number of carbonyl (C=O) groups excluding carboxylic acids is 1. The lowest BCUT2D eigenvalue weighted by Crippen LogP contribution is -2.11. The van der Waals surface area contributed by atoms with Gasteiger partial charge in [0.25, 0.3) is 5.91 Å². The zero-order chi connectivity index (χ0) is 17.4. The van der Waals surface area contributed by atoms with E-state index < -0.39 is 0 Å². The summed E-state index contributed by atoms with van der Waals surface area (Å²) in [4.78, 5) is 27.1. The third-order valence-electron chi connectivity index (χ3n) is 3.67. The Morgan fingerprint density at radius 2 is 1.84 bits per heavy atom. The molecule has 0 spiro atoms. The molecule has 1 N–H and O–H groups in total. The molecule has 1 amide bonds. The molecule has 0 saturated carbocycles. The van der Waals surface area contributed by atoms with Crippen molar-refractivity contribution in [3.05, 3.63) is 58.2 Å². The van der Waals surface area contributed by atoms with Crippen molar-refractivity contribution < 1.29 is 4.79 Å². The molecule has 25 heavy (non-hydrogen) atoms. The largest absolute Gasteiger partial charge is 0.321 e. The normalized spacial score (nSPS) is 11.0. The van der Waals surface area contributed by atoms with Gasteiger partial charge in [0, 0.05) is 17.4 Å². The van der Waals surface area contributed by atoms with Crippen LogP contribution < -0.4 is 5.32 Å². The van der Waals surface area contributed by atoms with Gasteiger partial charge in [-0.05, 0) is 50.2 Å². The maximum atomic E-state index is 12.4. The lowest BCUT2D eigenvalue weighted by molar-refractivity contribution is 0.103. The number of rotatable bonds is 3. The highest BCUT2D eigenvalue weighted by atomic mass is 32.1. The molecule has 5 nitrogen and oxygen atoms in total. The summed E-state index contributed by atoms with van der Waals surface area (Å²) < 4.78 is 0. The van der Waals surface area contributed by atoms with Crippen molar-refractivity contribution in [2.24, 2.45) is 0 Å². The van der Waals surface area contributed by atoms with Gasteiger partial charge in [-0.2, -0.15) is 0 Å². The van der Waals surface area contributed by atoms with Gasteiger partial charge in [-0.25, -0.2) is 15.0 Å². The minimum Gasteiger partial charge on any atom is -0.321 e. The van der Waals surface area contributed by atoms with Crippen LogP contribution >= 0.6 is 22.7 Å². The summed E-state index contributed by atoms with van der Waals surface area (Å²) in [6.07, 6.45) is 1.77. The molecule has 4 aromatic rings. The molecule has 124 valence electrons. The Balaban J connectivity index is 1.55. The number of thiazole rings is 2. The molecule has 0 radical (unpaired) electrons. The van der Waals surface area contributed by atoms with Gasteiger partial charge in [0.1, 0.15) is 20.2 Å². The highest BCUT2D eigenvalue weighted by Gasteiger charge is 2.14. The molecule has 0 aliphatic carbocycles. The van der Waals surface area contributed by atoms with Crippen LogP contribution in [0, 0.1) is 13.8 Å². The quantitative estimate of drug-likeness (QED) is 0.571. The smallest absolute Gasteiger partial charge is 0.267 e. The number of nitrogens with one attached hydrogen (secondary N) is 1. The van der Waals surface area contributed by atoms with Crippen LogP contribution in [0.2, 0.25) is 0 Å². The van der Waals surface area contributed by atoms with Gasteiger partial charge in [-0.1, -0.05) is 11.3 Å². The predicted octanol–water partition coefficient (Wildman–Crippen LogP) is 4.68. The first-order chi connectivity index (χ1) is 12.1. The zero-order valence-electron chi connectivity index (χ0n) is 13.6. The van der Waals surface area contributed by atoms with Crippen LogP contribution in [-0.2, 0) is 0 Å². The summed E-state index contributed by atoms with van der Waals surface area (Å²) >= 11 is 2.96. The summed E-state index contributed by atoms with van der Waals surface area (Å²) in [5.74, 6) is -0.125. The Bertz CT molecular complexity index is 1030. The average molecular weight is 366 g/mol. The number of amides is 1. The van der Waals surface area contributed by atoms with E-state index in [1.807, 2.05) is 50.2 Å². The molecule has 0 aliphatic heterocycles. The minimum absolute atomic E-state index is 0.125. The number of aryl methyl sites for hydroxylation is 2. The van der Waals surface area contributed by atoms with E-state index in [0.717, 1.165) is 37.3 Å². The Hall–Kier alpha value is -2.64. The molecular weight excluding hydrogens is 352 g/mol. The number of hydrogen-bond donors (Lipinski definition) is 1. The first-order valence-electron chi connectivity index (χ1n) is 7.67. The number of hydrogen-bond acceptors (Lipinski definition) is 6. The van der Waals surface area contributed by atoms with Gasteiger partial charge in [-0.3, -0.25) is 4.79 Å². The molecule has 3 heterocycles. The molecule has 7 heteroatoms. The molecule has 1 aromatic carbocycles. The number of nitrogens with zero attached hydrogens (tertiary/aromatic N) is 3. The first kappa shape index (κ1) is 15.9. The number of aromatic nitrogens is 3. The highest BCUT2D eigenvalue weighted by molar-refractivity contribution is 7.21. The number of pyridine rings is 1. The van der Waals surface area contributed by atoms with Crippen molar-refractivity contribution in [3.8, 4) is 10.6 Å². The average Bonchev–Trinajstić information content (AvgIpc) is 3.18. The van der Waals surface area contributed by atoms with Gasteiger partial charge in [0.05, 0.1) is 10.7 Å². The lowest BCUT2D eigenvalue weighted by atomic mass is 10.2. The van der Waals surface area contributed by atoms with Gasteiger partial charge < -0.3 is 5.32 Å². The summed E-state index contributed by atoms with van der Waals surface area (Å²) in [6.45, 7) is 3.75. The summed E-state index contributed by atoms with van der Waals surface area (Å²) in [5.41, 5.74) is 3.42. The topological polar surface area (TPSA) is 67.8 Å². The van der Waals surface area contributed by atoms with Gasteiger partial charge in [0.2, 0.25) is 0 Å². The number of benzene rings is 1. The summed E-state index contributed by atoms with van der Waals surface area (Å²) in [6, 6.07) is 11.5. The van der Waals surface area contributed by atoms with E-state index in [0.29, 0.717) is 4.88 Å². The standard InChI is InChI=1S/C18H14N4OS2/c1-10-15(24-11(2)20-10)16(23)21-13-7-5-12(6-8-13)17-22-14-4-3-9-19-18(14)25-17/h3-9H,1-2H3,(H,21,23). The second-order valence-electron chi connectivity index (χ2n) is 5.53. The molecule has 0 fully saturated rings. The highest BCUT2D eigenvalue weighted by Crippen LogP contribution is 2.29. The maximum absolute atomic E-state index is 12.4. The molecule has 0 atom stereocenters. The van der Waals surface area contributed by atoms with Crippen molar-refractivity contribution in [2.45, 2.75) is 13.8 Å². The third kappa shape index (κ3) is 3.16. The van der Waals surface area contributed by atoms with E-state index in [4.69, 9.17) is 0 Å². The molecule has 3 aromatic heterocycles. The van der Waals surface area contributed by atoms with E-state index in [1.54, 1.807) is 17.5 Å². The fourth-order valence-electron chi connectivity index (χ4n) is 2.52. The van der Waals surface area contributed by atoms with Crippen LogP contribution in [0.5, 0.6) is 0 Å². The van der Waals surface area contributed by atoms with E-state index >= 15 is 0 Å². The maximum Gasteiger partial charge on any atom is 0.267 e. The molecular formula is C18H14N4OS2. The van der Waals surface area contributed by atoms with Crippen molar-refractivity contribution in [1.29, 1.82) is 0 Å². The third-order valence-corrected chi connectivity index (χ3v) is 5.77. The molecule has 0 unspecified atom stereocenters. The fraction of sp³-hybridized carbons (Fsp3) is 0.111. The number of anilines is 1. The van der Waals surface area contributed by atoms with Crippen molar-refractivity contribution in [3.63, 3.8) is 0 Å². The van der Waals surface area contributed by atoms with Gasteiger partial charge in [-0.15, -0.1) is 11.3 Å². The summed E-state index contributed by atoms with van der Waals surface area (Å²) in [5, 5.41) is 4.73. The molecule has 4 rings (SSSR count). The van der Waals surface area contributed by atoms with E-state index in [9.17, 15) is 4.79 Å². The Labute approximate surface area is 152 Å². The Morgan fingerprint density at radius 3 is 2.52 bits per heavy atom. The van der Waals surface area contributed by atoms with Crippen molar-refractivity contribution in [2.75, 3.05) is 5.32 Å². The van der Waals surface area contributed by atoms with Crippen LogP contribution in [0.1, 0.15) is 20.4 Å². The van der Waals surface area contributed by atoms with Crippen LogP contribution in [0.4, 0.5) is 5.69 Å². The second-order valence-corrected chi connectivity index (χ2v) is 7.71. The van der Waals surface area contributed by atoms with Gasteiger partial charge >= 0.3 is 0 Å². The van der Waals surface area contributed by atoms with E-state index in [1.165, 1.54) is 11.3 Å². The number of fused-ring (bicyclic) bond motifs is 1. The monoisotopic (exact) mass is 366 g/mol. The summed E-state index contributed by atoms with van der Waals surface area (Å²) in [7, 11) is 0. The minimum atomic E-state index is -0.125. The molecule has 0 bridgehead atoms. The first-order valence-corrected chi connectivity index (χ1v) is 9.31. The Morgan fingerprint density at radius 1 is 1.04 bits per heavy atom. The van der Waals surface area contributed by atoms with Crippen LogP contribution in [0.15, 0.2) is 42.6 Å². The van der Waals surface area contributed by atoms with Crippen molar-refractivity contribution in [1.82, 2.24) is 15.0 Å². The molecule has 0 aliphatic rings. The number of carbonyl (C=O) groups is 1. The van der Waals surface area contributed by atoms with Crippen LogP contribution in [0.3, 0.4) is 0 Å². The zero-order valence-corrected chi connectivity index (χ0v) is 15.2. The Kier molecular flexibility index (Phi) is 4.03. The lowest BCUT2D eigenvalue weighted by Gasteiger charge is -2.05. The van der Waals surface area contributed by atoms with Gasteiger partial charge in [0.15, 0.2) is 0 Å².